The summed E-state index contributed by atoms with van der Waals surface area (Å²) in [5.74, 6) is -0.190. The highest BCUT2D eigenvalue weighted by Gasteiger charge is 2.04. The molecule has 2 nitrogen and oxygen atoms in total. The van der Waals surface area contributed by atoms with Crippen LogP contribution in [0.1, 0.15) is 11.1 Å². The number of halogens is 1. The molecule has 1 aromatic rings. The number of aliphatic hydroxyl groups is 1. The second-order valence-corrected chi connectivity index (χ2v) is 3.64. The minimum atomic E-state index is -0.190. The van der Waals surface area contributed by atoms with Gasteiger partial charge in [0.25, 0.3) is 0 Å². The first-order valence-corrected chi connectivity index (χ1v) is 4.66. The molecular weight excluding hydrogens is 181 g/mol. The van der Waals surface area contributed by atoms with E-state index in [0.717, 1.165) is 5.56 Å². The van der Waals surface area contributed by atoms with Gasteiger partial charge in [-0.15, -0.1) is 0 Å². The Morgan fingerprint density at radius 2 is 2.07 bits per heavy atom. The van der Waals surface area contributed by atoms with Crippen molar-refractivity contribution in [2.75, 3.05) is 20.7 Å². The van der Waals surface area contributed by atoms with Crippen molar-refractivity contribution in [3.8, 4) is 0 Å². The van der Waals surface area contributed by atoms with Crippen molar-refractivity contribution in [1.82, 2.24) is 4.90 Å². The van der Waals surface area contributed by atoms with Crippen LogP contribution >= 0.6 is 0 Å². The third-order valence-corrected chi connectivity index (χ3v) is 2.00. The van der Waals surface area contributed by atoms with Crippen molar-refractivity contribution >= 4 is 0 Å². The molecule has 14 heavy (non-hydrogen) atoms. The summed E-state index contributed by atoms with van der Waals surface area (Å²) in [6.45, 7) is 0.664. The van der Waals surface area contributed by atoms with Crippen LogP contribution in [0.4, 0.5) is 4.39 Å². The van der Waals surface area contributed by atoms with Crippen LogP contribution in [-0.4, -0.2) is 30.7 Å². The third-order valence-electron chi connectivity index (χ3n) is 2.00. The Morgan fingerprint density at radius 3 is 2.57 bits per heavy atom. The maximum absolute atomic E-state index is 13.4. The molecule has 0 saturated heterocycles. The van der Waals surface area contributed by atoms with Crippen molar-refractivity contribution in [2.45, 2.75) is 13.0 Å². The van der Waals surface area contributed by atoms with Crippen molar-refractivity contribution in [3.63, 3.8) is 0 Å². The summed E-state index contributed by atoms with van der Waals surface area (Å²) < 4.78 is 13.4. The van der Waals surface area contributed by atoms with E-state index in [4.69, 9.17) is 5.11 Å². The average molecular weight is 197 g/mol. The van der Waals surface area contributed by atoms with Gasteiger partial charge in [-0.3, -0.25) is 0 Å². The fourth-order valence-electron chi connectivity index (χ4n) is 1.34. The van der Waals surface area contributed by atoms with Gasteiger partial charge in [0.1, 0.15) is 5.82 Å². The summed E-state index contributed by atoms with van der Waals surface area (Å²) in [6, 6.07) is 5.13. The van der Waals surface area contributed by atoms with Gasteiger partial charge in [-0.05, 0) is 32.1 Å². The van der Waals surface area contributed by atoms with E-state index >= 15 is 0 Å². The highest BCUT2D eigenvalue weighted by molar-refractivity contribution is 5.24. The molecule has 1 aromatic carbocycles. The average Bonchev–Trinajstić information content (AvgIpc) is 2.10. The first kappa shape index (κ1) is 11.1. The van der Waals surface area contributed by atoms with Gasteiger partial charge < -0.3 is 10.0 Å². The van der Waals surface area contributed by atoms with Gasteiger partial charge >= 0.3 is 0 Å². The molecule has 0 amide bonds. The zero-order chi connectivity index (χ0) is 10.6. The maximum atomic E-state index is 13.4. The molecule has 1 N–H and O–H groups in total. The number of benzene rings is 1. The molecule has 0 atom stereocenters. The number of rotatable bonds is 4. The van der Waals surface area contributed by atoms with Crippen LogP contribution in [0.2, 0.25) is 0 Å². The summed E-state index contributed by atoms with van der Waals surface area (Å²) in [6.07, 6.45) is 0.513. The quantitative estimate of drug-likeness (QED) is 0.789. The topological polar surface area (TPSA) is 23.5 Å². The highest BCUT2D eigenvalue weighted by Crippen LogP contribution is 2.12. The molecule has 0 spiro atoms. The molecule has 0 aromatic heterocycles. The minimum Gasteiger partial charge on any atom is -0.396 e. The Balaban J connectivity index is 2.79. The van der Waals surface area contributed by atoms with Gasteiger partial charge in [0.2, 0.25) is 0 Å². The second kappa shape index (κ2) is 5.08. The van der Waals surface area contributed by atoms with Crippen LogP contribution in [0.25, 0.3) is 0 Å². The molecular formula is C11H16FNO. The molecule has 0 saturated carbocycles. The van der Waals surface area contributed by atoms with E-state index in [0.29, 0.717) is 18.5 Å². The van der Waals surface area contributed by atoms with Crippen LogP contribution in [0.5, 0.6) is 0 Å². The molecule has 0 aliphatic heterocycles. The Morgan fingerprint density at radius 1 is 1.36 bits per heavy atom. The number of hydrogen-bond acceptors (Lipinski definition) is 2. The van der Waals surface area contributed by atoms with Gasteiger partial charge in [0, 0.05) is 18.7 Å². The fourth-order valence-corrected chi connectivity index (χ4v) is 1.34. The largest absolute Gasteiger partial charge is 0.396 e. The van der Waals surface area contributed by atoms with E-state index in [1.807, 2.05) is 25.1 Å². The lowest BCUT2D eigenvalue weighted by Crippen LogP contribution is -2.12. The summed E-state index contributed by atoms with van der Waals surface area (Å²) >= 11 is 0. The first-order chi connectivity index (χ1) is 6.63. The van der Waals surface area contributed by atoms with Crippen LogP contribution in [0.3, 0.4) is 0 Å². The minimum absolute atomic E-state index is 0.0620. The molecule has 0 bridgehead atoms. The lowest BCUT2D eigenvalue weighted by atomic mass is 10.1. The maximum Gasteiger partial charge on any atom is 0.127 e. The van der Waals surface area contributed by atoms with Crippen molar-refractivity contribution in [3.05, 3.63) is 35.1 Å². The SMILES string of the molecule is CN(C)Cc1ccc(CCO)cc1F. The highest BCUT2D eigenvalue weighted by atomic mass is 19.1. The van der Waals surface area contributed by atoms with Crippen molar-refractivity contribution in [1.29, 1.82) is 0 Å². The molecule has 0 heterocycles. The molecule has 0 fully saturated rings. The predicted octanol–water partition coefficient (Wildman–Crippen LogP) is 1.42. The monoisotopic (exact) mass is 197 g/mol. The zero-order valence-corrected chi connectivity index (χ0v) is 8.63. The molecule has 0 aliphatic rings. The van der Waals surface area contributed by atoms with Gasteiger partial charge in [0.15, 0.2) is 0 Å². The van der Waals surface area contributed by atoms with Crippen LogP contribution in [-0.2, 0) is 13.0 Å². The lowest BCUT2D eigenvalue weighted by molar-refractivity contribution is 0.299. The van der Waals surface area contributed by atoms with Crippen LogP contribution in [0, 0.1) is 5.82 Å². The van der Waals surface area contributed by atoms with Gasteiger partial charge in [-0.25, -0.2) is 4.39 Å². The standard InChI is InChI=1S/C11H16FNO/c1-13(2)8-10-4-3-9(5-6-14)7-11(10)12/h3-4,7,14H,5-6,8H2,1-2H3. The summed E-state index contributed by atoms with van der Waals surface area (Å²) in [5, 5.41) is 8.69. The Labute approximate surface area is 84.0 Å². The summed E-state index contributed by atoms with van der Waals surface area (Å²) in [5.41, 5.74) is 1.53. The van der Waals surface area contributed by atoms with E-state index in [1.54, 1.807) is 6.07 Å². The van der Waals surface area contributed by atoms with E-state index in [1.165, 1.54) is 6.07 Å². The molecule has 3 heteroatoms. The molecule has 0 aliphatic carbocycles. The number of aliphatic hydroxyl groups excluding tert-OH is 1. The van der Waals surface area contributed by atoms with Crippen LogP contribution in [0.15, 0.2) is 18.2 Å². The van der Waals surface area contributed by atoms with Gasteiger partial charge in [0.05, 0.1) is 0 Å². The Hall–Kier alpha value is -0.930. The number of nitrogens with zero attached hydrogens (tertiary/aromatic N) is 1. The second-order valence-electron chi connectivity index (χ2n) is 3.64. The fraction of sp³-hybridized carbons (Fsp3) is 0.455. The van der Waals surface area contributed by atoms with E-state index in [-0.39, 0.29) is 12.4 Å². The van der Waals surface area contributed by atoms with Crippen molar-refractivity contribution in [2.24, 2.45) is 0 Å². The third kappa shape index (κ3) is 3.09. The molecule has 0 radical (unpaired) electrons. The van der Waals surface area contributed by atoms with Gasteiger partial charge in [-0.2, -0.15) is 0 Å². The van der Waals surface area contributed by atoms with Crippen molar-refractivity contribution < 1.29 is 9.50 Å². The van der Waals surface area contributed by atoms with E-state index in [2.05, 4.69) is 0 Å². The summed E-state index contributed by atoms with van der Waals surface area (Å²) in [4.78, 5) is 1.92. The van der Waals surface area contributed by atoms with Crippen LogP contribution < -0.4 is 0 Å². The first-order valence-electron chi connectivity index (χ1n) is 4.66. The predicted molar refractivity (Wildman–Crippen MR) is 54.6 cm³/mol. The summed E-state index contributed by atoms with van der Waals surface area (Å²) in [7, 11) is 3.81. The lowest BCUT2D eigenvalue weighted by Gasteiger charge is -2.11. The molecule has 1 rings (SSSR count). The number of hydrogen-bond donors (Lipinski definition) is 1. The van der Waals surface area contributed by atoms with E-state index < -0.39 is 0 Å². The molecule has 78 valence electrons. The zero-order valence-electron chi connectivity index (χ0n) is 8.63. The smallest absolute Gasteiger partial charge is 0.127 e. The van der Waals surface area contributed by atoms with Gasteiger partial charge in [-0.1, -0.05) is 12.1 Å². The molecule has 0 unspecified atom stereocenters. The normalized spacial score (nSPS) is 10.9. The van der Waals surface area contributed by atoms with E-state index in [9.17, 15) is 4.39 Å². The Bertz CT molecular complexity index is 299. The Kier molecular flexibility index (Phi) is 4.04.